The second kappa shape index (κ2) is 3.83. The Hall–Kier alpha value is -1.66. The molecule has 3 heteroatoms. The molecule has 1 unspecified atom stereocenters. The maximum absolute atomic E-state index is 10.3. The monoisotopic (exact) mass is 175 g/mol. The van der Waals surface area contributed by atoms with Crippen molar-refractivity contribution in [3.8, 4) is 12.3 Å². The lowest BCUT2D eigenvalue weighted by atomic mass is 9.93. The number of carbonyl (C=O) groups excluding carboxylic acids is 1. The predicted octanol–water partition coefficient (Wildman–Crippen LogP) is 0.491. The van der Waals surface area contributed by atoms with Crippen LogP contribution < -0.4 is 0 Å². The second-order valence-corrected chi connectivity index (χ2v) is 2.62. The van der Waals surface area contributed by atoms with E-state index in [1.807, 2.05) is 0 Å². The van der Waals surface area contributed by atoms with Crippen LogP contribution in [0.5, 0.6) is 0 Å². The Balaban J connectivity index is 3.04. The topological polar surface area (TPSA) is 50.2 Å². The van der Waals surface area contributed by atoms with Crippen LogP contribution in [0.2, 0.25) is 0 Å². The quantitative estimate of drug-likeness (QED) is 0.537. The van der Waals surface area contributed by atoms with Gasteiger partial charge in [0.1, 0.15) is 6.29 Å². The van der Waals surface area contributed by atoms with Crippen LogP contribution in [0.1, 0.15) is 12.0 Å². The van der Waals surface area contributed by atoms with E-state index >= 15 is 0 Å². The number of carbonyl (C=O) groups is 1. The van der Waals surface area contributed by atoms with E-state index in [0.717, 1.165) is 0 Å². The van der Waals surface area contributed by atoms with E-state index in [-0.39, 0.29) is 6.42 Å². The van der Waals surface area contributed by atoms with Crippen LogP contribution in [0.4, 0.5) is 0 Å². The van der Waals surface area contributed by atoms with Crippen LogP contribution in [0.25, 0.3) is 0 Å². The van der Waals surface area contributed by atoms with Gasteiger partial charge >= 0.3 is 0 Å². The van der Waals surface area contributed by atoms with Gasteiger partial charge in [-0.25, -0.2) is 0 Å². The van der Waals surface area contributed by atoms with Gasteiger partial charge in [0.2, 0.25) is 0 Å². The van der Waals surface area contributed by atoms with Crippen LogP contribution in [0.15, 0.2) is 24.5 Å². The third kappa shape index (κ3) is 1.92. The summed E-state index contributed by atoms with van der Waals surface area (Å²) < 4.78 is 0. The summed E-state index contributed by atoms with van der Waals surface area (Å²) in [6, 6.07) is 3.29. The van der Waals surface area contributed by atoms with Crippen molar-refractivity contribution >= 4 is 6.29 Å². The molecule has 3 nitrogen and oxygen atoms in total. The number of aliphatic hydroxyl groups is 1. The van der Waals surface area contributed by atoms with Gasteiger partial charge in [-0.2, -0.15) is 0 Å². The number of hydrogen-bond acceptors (Lipinski definition) is 3. The van der Waals surface area contributed by atoms with E-state index in [1.54, 1.807) is 18.3 Å². The minimum Gasteiger partial charge on any atom is -0.373 e. The van der Waals surface area contributed by atoms with Crippen molar-refractivity contribution < 1.29 is 9.90 Å². The molecule has 0 spiro atoms. The molecule has 1 aromatic rings. The summed E-state index contributed by atoms with van der Waals surface area (Å²) in [5.41, 5.74) is -1.06. The molecule has 13 heavy (non-hydrogen) atoms. The summed E-state index contributed by atoms with van der Waals surface area (Å²) in [5, 5.41) is 9.78. The van der Waals surface area contributed by atoms with Crippen molar-refractivity contribution in [1.82, 2.24) is 4.98 Å². The lowest BCUT2D eigenvalue weighted by molar-refractivity contribution is -0.110. The average Bonchev–Trinajstić information content (AvgIpc) is 2.19. The molecule has 1 rings (SSSR count). The zero-order chi connectivity index (χ0) is 9.73. The summed E-state index contributed by atoms with van der Waals surface area (Å²) >= 11 is 0. The highest BCUT2D eigenvalue weighted by molar-refractivity contribution is 5.54. The van der Waals surface area contributed by atoms with E-state index in [1.165, 1.54) is 6.20 Å². The predicted molar refractivity (Wildman–Crippen MR) is 47.6 cm³/mol. The summed E-state index contributed by atoms with van der Waals surface area (Å²) in [5.74, 6) is 2.18. The lowest BCUT2D eigenvalue weighted by Gasteiger charge is -2.18. The minimum absolute atomic E-state index is 0.116. The SMILES string of the molecule is C#CC(O)(CC=O)c1cccnc1. The first-order valence-corrected chi connectivity index (χ1v) is 3.77. The fourth-order valence-corrected chi connectivity index (χ4v) is 0.988. The fraction of sp³-hybridized carbons (Fsp3) is 0.200. The van der Waals surface area contributed by atoms with E-state index in [0.29, 0.717) is 11.8 Å². The third-order valence-corrected chi connectivity index (χ3v) is 1.76. The molecule has 0 amide bonds. The summed E-state index contributed by atoms with van der Waals surface area (Å²) in [7, 11) is 0. The maximum atomic E-state index is 10.3. The molecule has 1 heterocycles. The molecule has 1 aromatic heterocycles. The average molecular weight is 175 g/mol. The Kier molecular flexibility index (Phi) is 2.78. The van der Waals surface area contributed by atoms with E-state index in [2.05, 4.69) is 10.9 Å². The van der Waals surface area contributed by atoms with Gasteiger partial charge in [-0.1, -0.05) is 12.0 Å². The Bertz CT molecular complexity index is 329. The van der Waals surface area contributed by atoms with Crippen LogP contribution in [-0.2, 0) is 10.4 Å². The normalized spacial score (nSPS) is 14.2. The smallest absolute Gasteiger partial charge is 0.158 e. The van der Waals surface area contributed by atoms with Crippen LogP contribution >= 0.6 is 0 Å². The Labute approximate surface area is 76.4 Å². The van der Waals surface area contributed by atoms with Gasteiger partial charge in [-0.05, 0) is 6.07 Å². The number of aldehydes is 1. The standard InChI is InChI=1S/C10H9NO2/c1-2-10(13,5-7-12)9-4-3-6-11-8-9/h1,3-4,6-8,13H,5H2. The Morgan fingerprint density at radius 3 is 3.00 bits per heavy atom. The van der Waals surface area contributed by atoms with Gasteiger partial charge < -0.3 is 9.90 Å². The number of rotatable bonds is 3. The highest BCUT2D eigenvalue weighted by Crippen LogP contribution is 2.21. The van der Waals surface area contributed by atoms with Crippen molar-refractivity contribution in [3.05, 3.63) is 30.1 Å². The third-order valence-electron chi connectivity index (χ3n) is 1.76. The van der Waals surface area contributed by atoms with Crippen molar-refractivity contribution in [2.45, 2.75) is 12.0 Å². The van der Waals surface area contributed by atoms with Gasteiger partial charge in [0.05, 0.1) is 0 Å². The molecule has 0 fully saturated rings. The maximum Gasteiger partial charge on any atom is 0.158 e. The largest absolute Gasteiger partial charge is 0.373 e. The molecule has 1 atom stereocenters. The molecule has 66 valence electrons. The van der Waals surface area contributed by atoms with Crippen LogP contribution in [-0.4, -0.2) is 16.4 Å². The highest BCUT2D eigenvalue weighted by atomic mass is 16.3. The Morgan fingerprint density at radius 1 is 1.77 bits per heavy atom. The van der Waals surface area contributed by atoms with E-state index < -0.39 is 5.60 Å². The molecule has 1 N–H and O–H groups in total. The van der Waals surface area contributed by atoms with Crippen molar-refractivity contribution in [1.29, 1.82) is 0 Å². The molecule has 0 bridgehead atoms. The number of hydrogen-bond donors (Lipinski definition) is 1. The summed E-state index contributed by atoms with van der Waals surface area (Å²) in [6.45, 7) is 0. The second-order valence-electron chi connectivity index (χ2n) is 2.62. The lowest BCUT2D eigenvalue weighted by Crippen LogP contribution is -2.23. The van der Waals surface area contributed by atoms with Crippen molar-refractivity contribution in [2.75, 3.05) is 0 Å². The summed E-state index contributed by atoms with van der Waals surface area (Å²) in [6.07, 6.45) is 8.63. The number of nitrogens with zero attached hydrogens (tertiary/aromatic N) is 1. The highest BCUT2D eigenvalue weighted by Gasteiger charge is 2.25. The zero-order valence-electron chi connectivity index (χ0n) is 6.97. The first-order valence-electron chi connectivity index (χ1n) is 3.77. The molecular weight excluding hydrogens is 166 g/mol. The van der Waals surface area contributed by atoms with Crippen molar-refractivity contribution in [3.63, 3.8) is 0 Å². The fourth-order valence-electron chi connectivity index (χ4n) is 0.988. The zero-order valence-corrected chi connectivity index (χ0v) is 6.97. The molecule has 0 aliphatic heterocycles. The van der Waals surface area contributed by atoms with Gasteiger partial charge in [-0.3, -0.25) is 4.98 Å². The first kappa shape index (κ1) is 9.43. The molecule has 0 aliphatic rings. The van der Waals surface area contributed by atoms with E-state index in [4.69, 9.17) is 6.42 Å². The first-order chi connectivity index (χ1) is 6.23. The van der Waals surface area contributed by atoms with Gasteiger partial charge in [0, 0.05) is 24.4 Å². The van der Waals surface area contributed by atoms with Crippen LogP contribution in [0.3, 0.4) is 0 Å². The molecular formula is C10H9NO2. The van der Waals surface area contributed by atoms with E-state index in [9.17, 15) is 9.90 Å². The molecule has 0 saturated heterocycles. The van der Waals surface area contributed by atoms with Gasteiger partial charge in [0.25, 0.3) is 0 Å². The number of pyridine rings is 1. The number of aromatic nitrogens is 1. The molecule has 0 radical (unpaired) electrons. The molecule has 0 aliphatic carbocycles. The number of terminal acetylenes is 1. The molecule has 0 aromatic carbocycles. The minimum atomic E-state index is -1.52. The Morgan fingerprint density at radius 2 is 2.54 bits per heavy atom. The van der Waals surface area contributed by atoms with Gasteiger partial charge in [-0.15, -0.1) is 6.42 Å². The molecule has 0 saturated carbocycles. The van der Waals surface area contributed by atoms with Crippen LogP contribution in [0, 0.1) is 12.3 Å². The van der Waals surface area contributed by atoms with Gasteiger partial charge in [0.15, 0.2) is 5.60 Å². The van der Waals surface area contributed by atoms with Crippen molar-refractivity contribution in [2.24, 2.45) is 0 Å². The summed E-state index contributed by atoms with van der Waals surface area (Å²) in [4.78, 5) is 14.1.